The van der Waals surface area contributed by atoms with E-state index < -0.39 is 9.84 Å². The van der Waals surface area contributed by atoms with Crippen molar-refractivity contribution in [3.05, 3.63) is 48.1 Å². The standard InChI is InChI=1S/C19H15N3O2S2/c20-19-14-8-13(26(23,24)12-2-3-12)4-5-16(14)21-9-15(19)11-1-6-18-17(7-11)22-10-25-18/h1,4-10,12H,2-3H2,(H2,20,21). The van der Waals surface area contributed by atoms with Gasteiger partial charge in [0.2, 0.25) is 0 Å². The van der Waals surface area contributed by atoms with Gasteiger partial charge in [0.05, 0.1) is 37.1 Å². The maximum Gasteiger partial charge on any atom is 0.181 e. The van der Waals surface area contributed by atoms with Gasteiger partial charge in [0.1, 0.15) is 0 Å². The summed E-state index contributed by atoms with van der Waals surface area (Å²) in [7, 11) is -3.26. The van der Waals surface area contributed by atoms with Gasteiger partial charge in [0, 0.05) is 17.1 Å². The second-order valence-electron chi connectivity index (χ2n) is 6.54. The molecule has 0 bridgehead atoms. The van der Waals surface area contributed by atoms with E-state index >= 15 is 0 Å². The zero-order chi connectivity index (χ0) is 17.9. The Morgan fingerprint density at radius 3 is 2.69 bits per heavy atom. The lowest BCUT2D eigenvalue weighted by atomic mass is 10.0. The van der Waals surface area contributed by atoms with Crippen molar-refractivity contribution >= 4 is 48.0 Å². The molecule has 0 aliphatic heterocycles. The SMILES string of the molecule is Nc1c(-c2ccc3scnc3c2)cnc2ccc(S(=O)(=O)C3CC3)cc12. The van der Waals surface area contributed by atoms with Crippen LogP contribution in [-0.4, -0.2) is 23.6 Å². The Morgan fingerprint density at radius 2 is 1.88 bits per heavy atom. The highest BCUT2D eigenvalue weighted by atomic mass is 32.2. The van der Waals surface area contributed by atoms with Crippen LogP contribution in [0.4, 0.5) is 5.69 Å². The van der Waals surface area contributed by atoms with Crippen LogP contribution in [0, 0.1) is 0 Å². The maximum atomic E-state index is 12.6. The quantitative estimate of drug-likeness (QED) is 0.579. The van der Waals surface area contributed by atoms with Crippen LogP contribution < -0.4 is 5.73 Å². The molecule has 1 fully saturated rings. The van der Waals surface area contributed by atoms with Gasteiger partial charge in [0.25, 0.3) is 0 Å². The normalized spacial score (nSPS) is 14.9. The molecule has 0 unspecified atom stereocenters. The van der Waals surface area contributed by atoms with Gasteiger partial charge in [-0.3, -0.25) is 4.98 Å². The number of aromatic nitrogens is 2. The molecule has 4 aromatic rings. The molecular weight excluding hydrogens is 366 g/mol. The van der Waals surface area contributed by atoms with Crippen LogP contribution in [0.2, 0.25) is 0 Å². The highest BCUT2D eigenvalue weighted by Crippen LogP contribution is 2.37. The number of nitrogens with zero attached hydrogens (tertiary/aromatic N) is 2. The lowest BCUT2D eigenvalue weighted by molar-refractivity contribution is 0.595. The number of nitrogen functional groups attached to an aromatic ring is 1. The minimum atomic E-state index is -3.26. The second kappa shape index (κ2) is 5.49. The van der Waals surface area contributed by atoms with E-state index in [4.69, 9.17) is 5.73 Å². The smallest absolute Gasteiger partial charge is 0.181 e. The third-order valence-corrected chi connectivity index (χ3v) is 7.88. The number of anilines is 1. The average molecular weight is 381 g/mol. The van der Waals surface area contributed by atoms with Crippen LogP contribution in [-0.2, 0) is 9.84 Å². The third kappa shape index (κ3) is 2.39. The summed E-state index contributed by atoms with van der Waals surface area (Å²) in [5.74, 6) is 0. The molecule has 2 heterocycles. The van der Waals surface area contributed by atoms with Crippen molar-refractivity contribution < 1.29 is 8.42 Å². The van der Waals surface area contributed by atoms with Crippen molar-refractivity contribution in [2.24, 2.45) is 0 Å². The largest absolute Gasteiger partial charge is 0.398 e. The molecule has 2 N–H and O–H groups in total. The number of thiazole rings is 1. The fourth-order valence-corrected chi connectivity index (χ4v) is 5.54. The van der Waals surface area contributed by atoms with Gasteiger partial charge in [-0.15, -0.1) is 11.3 Å². The van der Waals surface area contributed by atoms with Crippen molar-refractivity contribution in [2.45, 2.75) is 23.0 Å². The van der Waals surface area contributed by atoms with Gasteiger partial charge in [-0.25, -0.2) is 13.4 Å². The molecule has 7 heteroatoms. The van der Waals surface area contributed by atoms with Crippen LogP contribution in [0.1, 0.15) is 12.8 Å². The zero-order valence-electron chi connectivity index (χ0n) is 13.7. The first-order chi connectivity index (χ1) is 12.5. The monoisotopic (exact) mass is 381 g/mol. The number of benzene rings is 2. The molecule has 0 spiro atoms. The first kappa shape index (κ1) is 15.7. The van der Waals surface area contributed by atoms with Crippen LogP contribution in [0.25, 0.3) is 32.2 Å². The van der Waals surface area contributed by atoms with Crippen molar-refractivity contribution in [1.29, 1.82) is 0 Å². The summed E-state index contributed by atoms with van der Waals surface area (Å²) in [5, 5.41) is 0.423. The van der Waals surface area contributed by atoms with Crippen molar-refractivity contribution in [2.75, 3.05) is 5.73 Å². The number of hydrogen-bond donors (Lipinski definition) is 1. The summed E-state index contributed by atoms with van der Waals surface area (Å²) >= 11 is 1.59. The van der Waals surface area contributed by atoms with Gasteiger partial charge in [-0.1, -0.05) is 6.07 Å². The third-order valence-electron chi connectivity index (χ3n) is 4.81. The number of pyridine rings is 1. The van der Waals surface area contributed by atoms with Crippen LogP contribution in [0.5, 0.6) is 0 Å². The predicted octanol–water partition coefficient (Wildman–Crippen LogP) is 4.03. The molecule has 1 saturated carbocycles. The minimum Gasteiger partial charge on any atom is -0.398 e. The lowest BCUT2D eigenvalue weighted by Gasteiger charge is -2.11. The van der Waals surface area contributed by atoms with E-state index in [1.807, 2.05) is 23.7 Å². The summed E-state index contributed by atoms with van der Waals surface area (Å²) in [6.07, 6.45) is 3.21. The van der Waals surface area contributed by atoms with E-state index in [1.165, 1.54) is 0 Å². The molecule has 1 aliphatic carbocycles. The lowest BCUT2D eigenvalue weighted by Crippen LogP contribution is -2.07. The Kier molecular flexibility index (Phi) is 3.32. The second-order valence-corrected chi connectivity index (χ2v) is 9.66. The molecule has 0 radical (unpaired) electrons. The number of rotatable bonds is 3. The maximum absolute atomic E-state index is 12.6. The van der Waals surface area contributed by atoms with Gasteiger partial charge < -0.3 is 5.73 Å². The molecule has 5 nitrogen and oxygen atoms in total. The van der Waals surface area contributed by atoms with Crippen LogP contribution in [0.3, 0.4) is 0 Å². The Balaban J connectivity index is 1.70. The number of fused-ring (bicyclic) bond motifs is 2. The summed E-state index contributed by atoms with van der Waals surface area (Å²) in [5.41, 5.74) is 12.1. The topological polar surface area (TPSA) is 85.9 Å². The zero-order valence-corrected chi connectivity index (χ0v) is 15.3. The van der Waals surface area contributed by atoms with Crippen LogP contribution >= 0.6 is 11.3 Å². The Labute approximate surface area is 154 Å². The highest BCUT2D eigenvalue weighted by molar-refractivity contribution is 7.92. The number of sulfone groups is 1. The summed E-state index contributed by atoms with van der Waals surface area (Å²) in [6, 6.07) is 11.0. The van der Waals surface area contributed by atoms with Gasteiger partial charge in [0.15, 0.2) is 9.84 Å². The van der Waals surface area contributed by atoms with Crippen molar-refractivity contribution in [3.63, 3.8) is 0 Å². The summed E-state index contributed by atoms with van der Waals surface area (Å²) < 4.78 is 26.2. The van der Waals surface area contributed by atoms with Gasteiger partial charge in [-0.05, 0) is 48.7 Å². The Hall–Kier alpha value is -2.51. The first-order valence-electron chi connectivity index (χ1n) is 8.30. The van der Waals surface area contributed by atoms with Gasteiger partial charge in [-0.2, -0.15) is 0 Å². The van der Waals surface area contributed by atoms with E-state index in [-0.39, 0.29) is 5.25 Å². The molecular formula is C19H15N3O2S2. The van der Waals surface area contributed by atoms with Crippen molar-refractivity contribution in [3.8, 4) is 11.1 Å². The van der Waals surface area contributed by atoms with Gasteiger partial charge >= 0.3 is 0 Å². The van der Waals surface area contributed by atoms with E-state index in [1.54, 1.807) is 35.7 Å². The fraction of sp³-hybridized carbons (Fsp3) is 0.158. The van der Waals surface area contributed by atoms with E-state index in [2.05, 4.69) is 9.97 Å². The number of hydrogen-bond acceptors (Lipinski definition) is 6. The Morgan fingerprint density at radius 1 is 1.04 bits per heavy atom. The number of nitrogens with two attached hydrogens (primary N) is 1. The molecule has 0 saturated heterocycles. The summed E-state index contributed by atoms with van der Waals surface area (Å²) in [4.78, 5) is 9.15. The minimum absolute atomic E-state index is 0.246. The van der Waals surface area contributed by atoms with Crippen molar-refractivity contribution in [1.82, 2.24) is 9.97 Å². The predicted molar refractivity (Wildman–Crippen MR) is 105 cm³/mol. The first-order valence-corrected chi connectivity index (χ1v) is 10.7. The molecule has 26 heavy (non-hydrogen) atoms. The molecule has 2 aromatic carbocycles. The fourth-order valence-electron chi connectivity index (χ4n) is 3.20. The molecule has 1 aliphatic rings. The molecule has 2 aromatic heterocycles. The van der Waals surface area contributed by atoms with E-state index in [9.17, 15) is 8.42 Å². The van der Waals surface area contributed by atoms with Crippen LogP contribution in [0.15, 0.2) is 53.0 Å². The summed E-state index contributed by atoms with van der Waals surface area (Å²) in [6.45, 7) is 0. The molecule has 5 rings (SSSR count). The molecule has 0 amide bonds. The van der Waals surface area contributed by atoms with E-state index in [0.29, 0.717) is 21.5 Å². The molecule has 0 atom stereocenters. The molecule has 130 valence electrons. The Bertz CT molecular complexity index is 1270. The van der Waals surface area contributed by atoms with E-state index in [0.717, 1.165) is 34.2 Å². The highest BCUT2D eigenvalue weighted by Gasteiger charge is 2.37. The average Bonchev–Trinajstić information content (AvgIpc) is 3.41.